The molecule has 0 aromatic heterocycles. The van der Waals surface area contributed by atoms with Gasteiger partial charge < -0.3 is 16.0 Å². The maximum Gasteiger partial charge on any atom is 0.272 e. The standard InChI is InChI=1S/C35H30ClN5O4S/c1-2-30(35(45)39-31-22-32(42)41(40-31)26-16-7-4-8-17-26)46-27-18-11-15-25(21-27)37-34(44)29(20-24-14-9-10-19-28(24)36)38-33(43)23-12-5-3-6-13-23/h3-21,30H,2,22H2,1H3,(H,37,44)(H,38,43)(H,39,40,45)/b29-20+. The van der Waals surface area contributed by atoms with Crippen LogP contribution in [0.1, 0.15) is 35.7 Å². The molecule has 9 nitrogen and oxygen atoms in total. The lowest BCUT2D eigenvalue weighted by atomic mass is 10.1. The van der Waals surface area contributed by atoms with Gasteiger partial charge in [0.25, 0.3) is 17.7 Å². The van der Waals surface area contributed by atoms with Crippen LogP contribution in [-0.2, 0) is 14.4 Å². The largest absolute Gasteiger partial charge is 0.321 e. The number of carbonyl (C=O) groups excluding carboxylic acids is 4. The van der Waals surface area contributed by atoms with Crippen LogP contribution in [0.3, 0.4) is 0 Å². The van der Waals surface area contributed by atoms with E-state index in [-0.39, 0.29) is 29.8 Å². The van der Waals surface area contributed by atoms with Crippen LogP contribution in [0, 0.1) is 0 Å². The van der Waals surface area contributed by atoms with Crippen LogP contribution in [0.4, 0.5) is 11.4 Å². The zero-order valence-electron chi connectivity index (χ0n) is 24.8. The maximum absolute atomic E-state index is 13.5. The fourth-order valence-electron chi connectivity index (χ4n) is 4.51. The number of para-hydroxylation sites is 1. The highest BCUT2D eigenvalue weighted by Crippen LogP contribution is 2.29. The van der Waals surface area contributed by atoms with Gasteiger partial charge in [0.1, 0.15) is 11.5 Å². The van der Waals surface area contributed by atoms with Crippen LogP contribution in [0.2, 0.25) is 5.02 Å². The lowest BCUT2D eigenvalue weighted by Gasteiger charge is -2.16. The van der Waals surface area contributed by atoms with Crippen molar-refractivity contribution in [3.8, 4) is 0 Å². The van der Waals surface area contributed by atoms with E-state index in [9.17, 15) is 19.2 Å². The molecule has 4 aromatic rings. The highest BCUT2D eigenvalue weighted by molar-refractivity contribution is 8.00. The molecule has 232 valence electrons. The molecule has 1 aliphatic heterocycles. The van der Waals surface area contributed by atoms with Crippen molar-refractivity contribution in [3.05, 3.63) is 131 Å². The molecule has 1 unspecified atom stereocenters. The molecule has 0 aliphatic carbocycles. The Hall–Kier alpha value is -5.19. The minimum atomic E-state index is -0.553. The van der Waals surface area contributed by atoms with Crippen LogP contribution in [0.5, 0.6) is 0 Å². The molecular formula is C35H30ClN5O4S. The summed E-state index contributed by atoms with van der Waals surface area (Å²) >= 11 is 7.66. The summed E-state index contributed by atoms with van der Waals surface area (Å²) in [6.07, 6.45) is 2.02. The third-order valence-corrected chi connectivity index (χ3v) is 8.51. The molecule has 0 fully saturated rings. The smallest absolute Gasteiger partial charge is 0.272 e. The van der Waals surface area contributed by atoms with Crippen molar-refractivity contribution in [1.29, 1.82) is 0 Å². The Morgan fingerprint density at radius 3 is 2.33 bits per heavy atom. The minimum Gasteiger partial charge on any atom is -0.321 e. The first-order valence-electron chi connectivity index (χ1n) is 14.5. The quantitative estimate of drug-likeness (QED) is 0.134. The minimum absolute atomic E-state index is 0.00209. The number of halogens is 1. The number of nitrogens with one attached hydrogen (secondary N) is 3. The molecule has 4 amide bonds. The molecule has 1 heterocycles. The molecule has 0 saturated carbocycles. The molecule has 46 heavy (non-hydrogen) atoms. The summed E-state index contributed by atoms with van der Waals surface area (Å²) in [5.74, 6) is -1.22. The van der Waals surface area contributed by atoms with Crippen LogP contribution in [-0.4, -0.2) is 34.7 Å². The Labute approximate surface area is 275 Å². The van der Waals surface area contributed by atoms with Gasteiger partial charge in [-0.3, -0.25) is 19.2 Å². The molecule has 3 N–H and O–H groups in total. The number of amides is 4. The SMILES string of the molecule is CCC(Sc1cccc(NC(=O)/C(=C\c2ccccc2Cl)NC(=O)c2ccccc2)c1)C(=O)NC1=NN(c2ccccc2)C(=O)C1. The average molecular weight is 652 g/mol. The van der Waals surface area contributed by atoms with E-state index in [4.69, 9.17) is 11.6 Å². The average Bonchev–Trinajstić information content (AvgIpc) is 3.44. The number of amidine groups is 1. The van der Waals surface area contributed by atoms with Crippen molar-refractivity contribution in [2.75, 3.05) is 10.3 Å². The fourth-order valence-corrected chi connectivity index (χ4v) is 5.72. The van der Waals surface area contributed by atoms with Crippen LogP contribution in [0.15, 0.2) is 125 Å². The Morgan fingerprint density at radius 2 is 1.61 bits per heavy atom. The summed E-state index contributed by atoms with van der Waals surface area (Å²) in [4.78, 5) is 52.9. The van der Waals surface area contributed by atoms with Gasteiger partial charge in [0, 0.05) is 21.2 Å². The number of benzene rings is 4. The molecule has 0 saturated heterocycles. The molecule has 4 aromatic carbocycles. The van der Waals surface area contributed by atoms with E-state index in [0.29, 0.717) is 33.9 Å². The summed E-state index contributed by atoms with van der Waals surface area (Å²) in [5.41, 5.74) is 2.05. The van der Waals surface area contributed by atoms with Crippen molar-refractivity contribution in [2.24, 2.45) is 5.10 Å². The lowest BCUT2D eigenvalue weighted by Crippen LogP contribution is -2.36. The predicted molar refractivity (Wildman–Crippen MR) is 182 cm³/mol. The third-order valence-electron chi connectivity index (χ3n) is 6.81. The predicted octanol–water partition coefficient (Wildman–Crippen LogP) is 6.49. The Bertz CT molecular complexity index is 1810. The third kappa shape index (κ3) is 8.29. The first-order valence-corrected chi connectivity index (χ1v) is 15.7. The van der Waals surface area contributed by atoms with E-state index in [1.807, 2.05) is 31.2 Å². The lowest BCUT2D eigenvalue weighted by molar-refractivity contribution is -0.119. The Morgan fingerprint density at radius 1 is 0.913 bits per heavy atom. The number of thioether (sulfide) groups is 1. The highest BCUT2D eigenvalue weighted by Gasteiger charge is 2.28. The van der Waals surface area contributed by atoms with E-state index in [1.165, 1.54) is 22.8 Å². The number of rotatable bonds is 10. The first-order chi connectivity index (χ1) is 22.3. The second-order valence-electron chi connectivity index (χ2n) is 10.2. The zero-order chi connectivity index (χ0) is 32.5. The van der Waals surface area contributed by atoms with Crippen molar-refractivity contribution in [2.45, 2.75) is 29.9 Å². The Balaban J connectivity index is 1.28. The fraction of sp³-hybridized carbons (Fsp3) is 0.114. The Kier molecular flexibility index (Phi) is 10.6. The summed E-state index contributed by atoms with van der Waals surface area (Å²) in [6, 6.07) is 31.6. The first kappa shape index (κ1) is 32.2. The summed E-state index contributed by atoms with van der Waals surface area (Å²) in [7, 11) is 0. The van der Waals surface area contributed by atoms with Gasteiger partial charge in [0.15, 0.2) is 0 Å². The summed E-state index contributed by atoms with van der Waals surface area (Å²) in [6.45, 7) is 1.89. The zero-order valence-corrected chi connectivity index (χ0v) is 26.3. The van der Waals surface area contributed by atoms with Crippen LogP contribution in [0.25, 0.3) is 6.08 Å². The van der Waals surface area contributed by atoms with Crippen molar-refractivity contribution < 1.29 is 19.2 Å². The number of nitrogens with zero attached hydrogens (tertiary/aromatic N) is 2. The van der Waals surface area contributed by atoms with Crippen LogP contribution >= 0.6 is 23.4 Å². The van der Waals surface area contributed by atoms with Gasteiger partial charge in [-0.25, -0.2) is 0 Å². The number of anilines is 2. The molecule has 11 heteroatoms. The van der Waals surface area contributed by atoms with Crippen molar-refractivity contribution in [1.82, 2.24) is 10.6 Å². The summed E-state index contributed by atoms with van der Waals surface area (Å²) in [5, 5.41) is 13.9. The molecule has 1 aliphatic rings. The van der Waals surface area contributed by atoms with Gasteiger partial charge in [0.05, 0.1) is 17.4 Å². The van der Waals surface area contributed by atoms with E-state index in [1.54, 1.807) is 84.9 Å². The van der Waals surface area contributed by atoms with Crippen LogP contribution < -0.4 is 21.0 Å². The monoisotopic (exact) mass is 651 g/mol. The van der Waals surface area contributed by atoms with Gasteiger partial charge in [-0.15, -0.1) is 11.8 Å². The van der Waals surface area contributed by atoms with E-state index < -0.39 is 17.1 Å². The molecule has 0 radical (unpaired) electrons. The number of hydrogen-bond donors (Lipinski definition) is 3. The van der Waals surface area contributed by atoms with Crippen molar-refractivity contribution in [3.63, 3.8) is 0 Å². The van der Waals surface area contributed by atoms with Crippen molar-refractivity contribution >= 4 is 70.3 Å². The normalized spacial score (nSPS) is 13.5. The van der Waals surface area contributed by atoms with E-state index in [2.05, 4.69) is 21.1 Å². The molecular weight excluding hydrogens is 622 g/mol. The van der Waals surface area contributed by atoms with E-state index in [0.717, 1.165) is 4.90 Å². The van der Waals surface area contributed by atoms with Gasteiger partial charge in [-0.2, -0.15) is 10.1 Å². The van der Waals surface area contributed by atoms with Gasteiger partial charge in [-0.05, 0) is 66.6 Å². The highest BCUT2D eigenvalue weighted by atomic mass is 35.5. The molecule has 0 spiro atoms. The number of carbonyl (C=O) groups is 4. The topological polar surface area (TPSA) is 120 Å². The number of hydrogen-bond acceptors (Lipinski definition) is 6. The molecule has 1 atom stereocenters. The second kappa shape index (κ2) is 15.2. The maximum atomic E-state index is 13.5. The molecule has 5 rings (SSSR count). The van der Waals surface area contributed by atoms with Gasteiger partial charge >= 0.3 is 0 Å². The summed E-state index contributed by atoms with van der Waals surface area (Å²) < 4.78 is 0. The van der Waals surface area contributed by atoms with E-state index >= 15 is 0 Å². The number of hydrazone groups is 1. The van der Waals surface area contributed by atoms with Gasteiger partial charge in [0.2, 0.25) is 5.91 Å². The molecule has 0 bridgehead atoms. The van der Waals surface area contributed by atoms with Gasteiger partial charge in [-0.1, -0.05) is 79.2 Å². The second-order valence-corrected chi connectivity index (χ2v) is 11.8.